The van der Waals surface area contributed by atoms with Gasteiger partial charge in [0.15, 0.2) is 6.10 Å². The molecule has 1 unspecified atom stereocenters. The lowest BCUT2D eigenvalue weighted by atomic mass is 10.1. The predicted molar refractivity (Wildman–Crippen MR) is 251 cm³/mol. The number of hydrogen-bond acceptors (Lipinski definition) is 6. The summed E-state index contributed by atoms with van der Waals surface area (Å²) in [6, 6.07) is 0. The molecule has 0 heterocycles. The Balaban J connectivity index is 4.32. The molecule has 59 heavy (non-hydrogen) atoms. The molecule has 0 rings (SSSR count). The summed E-state index contributed by atoms with van der Waals surface area (Å²) >= 11 is 0. The molecule has 0 spiro atoms. The largest absolute Gasteiger partial charge is 0.462 e. The van der Waals surface area contributed by atoms with Gasteiger partial charge in [0.25, 0.3) is 0 Å². The minimum Gasteiger partial charge on any atom is -0.462 e. The number of ether oxygens (including phenoxy) is 3. The van der Waals surface area contributed by atoms with Gasteiger partial charge < -0.3 is 14.2 Å². The Labute approximate surface area is 364 Å². The third-order valence-electron chi connectivity index (χ3n) is 10.5. The average Bonchev–Trinajstić information content (AvgIpc) is 3.23. The van der Waals surface area contributed by atoms with Gasteiger partial charge in [0.1, 0.15) is 13.2 Å². The smallest absolute Gasteiger partial charge is 0.306 e. The molecule has 0 saturated heterocycles. The van der Waals surface area contributed by atoms with Crippen LogP contribution in [0.25, 0.3) is 0 Å². The van der Waals surface area contributed by atoms with Crippen LogP contribution in [0.2, 0.25) is 0 Å². The van der Waals surface area contributed by atoms with Gasteiger partial charge in [-0.1, -0.05) is 197 Å². The maximum atomic E-state index is 12.7. The standard InChI is InChI=1S/C53H92O6/c1-4-7-10-13-16-18-20-22-24-26-28-30-32-34-37-40-43-46-52(55)58-49-50(48-57-51(54)45-42-39-36-15-12-9-6-3)59-53(56)47-44-41-38-35-33-31-29-27-25-23-21-19-17-14-11-8-5-2/h7,10,16,18,22-25,28,30,50H,4-6,8-9,11-15,17,19-21,26-27,29,31-49H2,1-3H3/b10-7-,18-16-,24-22-,25-23-,30-28-. The highest BCUT2D eigenvalue weighted by Gasteiger charge is 2.19. The molecular formula is C53H92O6. The van der Waals surface area contributed by atoms with Crippen LogP contribution < -0.4 is 0 Å². The molecular weight excluding hydrogens is 733 g/mol. The number of hydrogen-bond donors (Lipinski definition) is 0. The highest BCUT2D eigenvalue weighted by molar-refractivity contribution is 5.71. The van der Waals surface area contributed by atoms with Crippen LogP contribution in [-0.4, -0.2) is 37.2 Å². The molecule has 0 aromatic carbocycles. The van der Waals surface area contributed by atoms with Crippen molar-refractivity contribution < 1.29 is 28.6 Å². The summed E-state index contributed by atoms with van der Waals surface area (Å²) in [5.74, 6) is -0.917. The zero-order valence-corrected chi connectivity index (χ0v) is 38.8. The van der Waals surface area contributed by atoms with Gasteiger partial charge in [-0.15, -0.1) is 0 Å². The first kappa shape index (κ1) is 56.1. The van der Waals surface area contributed by atoms with E-state index < -0.39 is 6.10 Å². The monoisotopic (exact) mass is 825 g/mol. The van der Waals surface area contributed by atoms with E-state index >= 15 is 0 Å². The van der Waals surface area contributed by atoms with Crippen LogP contribution >= 0.6 is 0 Å². The number of carbonyl (C=O) groups excluding carboxylic acids is 3. The number of carbonyl (C=O) groups is 3. The molecule has 0 N–H and O–H groups in total. The summed E-state index contributed by atoms with van der Waals surface area (Å²) in [5, 5.41) is 0. The van der Waals surface area contributed by atoms with Gasteiger partial charge in [0.05, 0.1) is 0 Å². The van der Waals surface area contributed by atoms with Crippen molar-refractivity contribution in [3.05, 3.63) is 60.8 Å². The van der Waals surface area contributed by atoms with E-state index in [-0.39, 0.29) is 31.1 Å². The van der Waals surface area contributed by atoms with Crippen LogP contribution in [0.3, 0.4) is 0 Å². The second kappa shape index (κ2) is 47.8. The molecule has 0 aliphatic rings. The van der Waals surface area contributed by atoms with E-state index in [0.29, 0.717) is 19.3 Å². The summed E-state index contributed by atoms with van der Waals surface area (Å²) in [6.07, 6.45) is 57.9. The second-order valence-electron chi connectivity index (χ2n) is 16.3. The lowest BCUT2D eigenvalue weighted by Crippen LogP contribution is -2.30. The number of rotatable bonds is 44. The summed E-state index contributed by atoms with van der Waals surface area (Å²) in [5.41, 5.74) is 0. The van der Waals surface area contributed by atoms with Crippen molar-refractivity contribution in [2.45, 2.75) is 245 Å². The fourth-order valence-electron chi connectivity index (χ4n) is 6.78. The molecule has 0 amide bonds. The Kier molecular flexibility index (Phi) is 45.4. The summed E-state index contributed by atoms with van der Waals surface area (Å²) in [7, 11) is 0. The van der Waals surface area contributed by atoms with Crippen molar-refractivity contribution in [3.63, 3.8) is 0 Å². The second-order valence-corrected chi connectivity index (χ2v) is 16.3. The third kappa shape index (κ3) is 46.0. The molecule has 0 aromatic heterocycles. The maximum Gasteiger partial charge on any atom is 0.306 e. The van der Waals surface area contributed by atoms with Crippen LogP contribution in [-0.2, 0) is 28.6 Å². The SMILES string of the molecule is CC/C=C\C/C=C\C/C=C\C/C=C\CCCCCCC(=O)OCC(COC(=O)CCCCCCCCC)OC(=O)CCCCCCCCC/C=C\CCCCCCCC. The fourth-order valence-corrected chi connectivity index (χ4v) is 6.78. The molecule has 0 aromatic rings. The lowest BCUT2D eigenvalue weighted by Gasteiger charge is -2.18. The summed E-state index contributed by atoms with van der Waals surface area (Å²) < 4.78 is 16.7. The highest BCUT2D eigenvalue weighted by Crippen LogP contribution is 2.14. The topological polar surface area (TPSA) is 78.9 Å². The fraction of sp³-hybridized carbons (Fsp3) is 0.755. The van der Waals surface area contributed by atoms with Gasteiger partial charge in [-0.2, -0.15) is 0 Å². The zero-order chi connectivity index (χ0) is 43.0. The molecule has 6 heteroatoms. The highest BCUT2D eigenvalue weighted by atomic mass is 16.6. The number of allylic oxidation sites excluding steroid dienone is 10. The van der Waals surface area contributed by atoms with E-state index in [2.05, 4.69) is 81.5 Å². The summed E-state index contributed by atoms with van der Waals surface area (Å²) in [6.45, 7) is 6.45. The Morgan fingerprint density at radius 3 is 1.05 bits per heavy atom. The third-order valence-corrected chi connectivity index (χ3v) is 10.5. The minimum absolute atomic E-state index is 0.0834. The molecule has 0 fully saturated rings. The molecule has 0 radical (unpaired) electrons. The van der Waals surface area contributed by atoms with Crippen molar-refractivity contribution in [2.24, 2.45) is 0 Å². The van der Waals surface area contributed by atoms with E-state index in [1.807, 2.05) is 0 Å². The quantitative estimate of drug-likeness (QED) is 0.0263. The Morgan fingerprint density at radius 2 is 0.661 bits per heavy atom. The minimum atomic E-state index is -0.782. The molecule has 0 bridgehead atoms. The van der Waals surface area contributed by atoms with Gasteiger partial charge >= 0.3 is 17.9 Å². The number of esters is 3. The molecule has 1 atom stereocenters. The normalized spacial score (nSPS) is 12.5. The van der Waals surface area contributed by atoms with Crippen LogP contribution in [0.5, 0.6) is 0 Å². The Hall–Kier alpha value is -2.89. The van der Waals surface area contributed by atoms with Crippen molar-refractivity contribution in [1.82, 2.24) is 0 Å². The van der Waals surface area contributed by atoms with Gasteiger partial charge in [-0.05, 0) is 83.5 Å². The van der Waals surface area contributed by atoms with Crippen LogP contribution in [0.15, 0.2) is 60.8 Å². The summed E-state index contributed by atoms with van der Waals surface area (Å²) in [4.78, 5) is 37.7. The first-order chi connectivity index (χ1) is 29.0. The molecule has 0 saturated carbocycles. The van der Waals surface area contributed by atoms with Crippen molar-refractivity contribution >= 4 is 17.9 Å². The van der Waals surface area contributed by atoms with Crippen LogP contribution in [0.1, 0.15) is 239 Å². The number of unbranched alkanes of at least 4 members (excludes halogenated alkanes) is 23. The van der Waals surface area contributed by atoms with E-state index in [9.17, 15) is 14.4 Å². The van der Waals surface area contributed by atoms with Gasteiger partial charge in [0, 0.05) is 19.3 Å². The molecule has 0 aliphatic heterocycles. The van der Waals surface area contributed by atoms with Crippen molar-refractivity contribution in [1.29, 1.82) is 0 Å². The first-order valence-electron chi connectivity index (χ1n) is 24.8. The lowest BCUT2D eigenvalue weighted by molar-refractivity contribution is -0.167. The van der Waals surface area contributed by atoms with E-state index in [1.54, 1.807) is 0 Å². The van der Waals surface area contributed by atoms with Crippen LogP contribution in [0, 0.1) is 0 Å². The Bertz CT molecular complexity index is 1090. The van der Waals surface area contributed by atoms with E-state index in [1.165, 1.54) is 103 Å². The average molecular weight is 825 g/mol. The van der Waals surface area contributed by atoms with E-state index in [4.69, 9.17) is 14.2 Å². The van der Waals surface area contributed by atoms with Gasteiger partial charge in [-0.25, -0.2) is 0 Å². The predicted octanol–water partition coefficient (Wildman–Crippen LogP) is 16.1. The molecule has 0 aliphatic carbocycles. The first-order valence-corrected chi connectivity index (χ1v) is 24.8. The van der Waals surface area contributed by atoms with Gasteiger partial charge in [0.2, 0.25) is 0 Å². The molecule has 6 nitrogen and oxygen atoms in total. The van der Waals surface area contributed by atoms with Gasteiger partial charge in [-0.3, -0.25) is 14.4 Å². The molecule has 340 valence electrons. The van der Waals surface area contributed by atoms with E-state index in [0.717, 1.165) is 96.3 Å². The van der Waals surface area contributed by atoms with Crippen molar-refractivity contribution in [3.8, 4) is 0 Å². The van der Waals surface area contributed by atoms with Crippen molar-refractivity contribution in [2.75, 3.05) is 13.2 Å². The Morgan fingerprint density at radius 1 is 0.356 bits per heavy atom. The zero-order valence-electron chi connectivity index (χ0n) is 38.8. The van der Waals surface area contributed by atoms with Crippen LogP contribution in [0.4, 0.5) is 0 Å². The maximum absolute atomic E-state index is 12.7.